The maximum Gasteiger partial charge on any atom is 0.117 e. The van der Waals surface area contributed by atoms with Crippen LogP contribution in [0.1, 0.15) is 101 Å². The third-order valence-corrected chi connectivity index (χ3v) is 7.74. The van der Waals surface area contributed by atoms with Gasteiger partial charge in [0.2, 0.25) is 0 Å². The van der Waals surface area contributed by atoms with E-state index in [1.165, 1.54) is 11.4 Å². The molecule has 1 aliphatic rings. The lowest BCUT2D eigenvalue weighted by Gasteiger charge is -2.27. The first-order chi connectivity index (χ1) is 14.8. The van der Waals surface area contributed by atoms with Crippen molar-refractivity contribution >= 4 is 0 Å². The molecule has 32 heavy (non-hydrogen) atoms. The van der Waals surface area contributed by atoms with E-state index in [2.05, 4.69) is 114 Å². The third-order valence-electron chi connectivity index (χ3n) is 7.74. The Balaban J connectivity index is 1.76. The van der Waals surface area contributed by atoms with Crippen molar-refractivity contribution in [2.75, 3.05) is 0 Å². The highest BCUT2D eigenvalue weighted by Gasteiger charge is 2.38. The molecule has 5 heterocycles. The maximum atomic E-state index is 6.49. The lowest BCUT2D eigenvalue weighted by Crippen LogP contribution is -2.24. The quantitative estimate of drug-likeness (QED) is 0.311. The zero-order valence-electron chi connectivity index (χ0n) is 20.4. The molecule has 0 radical (unpaired) electrons. The van der Waals surface area contributed by atoms with Crippen molar-refractivity contribution in [3.63, 3.8) is 0 Å². The van der Waals surface area contributed by atoms with Crippen molar-refractivity contribution in [3.05, 3.63) is 94.3 Å². The number of fused-ring (bicyclic) bond motifs is 8. The van der Waals surface area contributed by atoms with Crippen molar-refractivity contribution in [2.45, 2.75) is 77.0 Å². The summed E-state index contributed by atoms with van der Waals surface area (Å²) in [5.74, 6) is 3.68. The summed E-state index contributed by atoms with van der Waals surface area (Å²) in [5, 5.41) is 0. The van der Waals surface area contributed by atoms with E-state index in [-0.39, 0.29) is 21.7 Å². The van der Waals surface area contributed by atoms with Crippen LogP contribution >= 0.6 is 0 Å². The Labute approximate surface area is 190 Å². The summed E-state index contributed by atoms with van der Waals surface area (Å²) in [6.07, 6.45) is 0. The smallest absolute Gasteiger partial charge is 0.117 e. The molecule has 2 N–H and O–H groups in total. The first kappa shape index (κ1) is 21.0. The van der Waals surface area contributed by atoms with Crippen molar-refractivity contribution in [3.8, 4) is 0 Å². The SMILES string of the molecule is CC1(C)c2ccc([nH]2)C(C)(C)c2ccc(o2)C(C)(C)c2ccc(o2)C(C)(C)c2ccc1[nH]2. The highest BCUT2D eigenvalue weighted by Crippen LogP contribution is 2.42. The van der Waals surface area contributed by atoms with Gasteiger partial charge in [-0.3, -0.25) is 0 Å². The van der Waals surface area contributed by atoms with Gasteiger partial charge < -0.3 is 18.8 Å². The fraction of sp³-hybridized carbons (Fsp3) is 0.429. The maximum absolute atomic E-state index is 6.49. The summed E-state index contributed by atoms with van der Waals surface area (Å²) in [6.45, 7) is 17.6. The Morgan fingerprint density at radius 3 is 1.03 bits per heavy atom. The molecule has 0 atom stereocenters. The van der Waals surface area contributed by atoms with Crippen LogP contribution in [0.5, 0.6) is 0 Å². The number of rotatable bonds is 0. The van der Waals surface area contributed by atoms with E-state index in [9.17, 15) is 0 Å². The number of H-pyrrole nitrogens is 2. The summed E-state index contributed by atoms with van der Waals surface area (Å²) in [7, 11) is 0. The monoisotopic (exact) mass is 430 g/mol. The molecular formula is C28H34N2O2. The molecule has 0 saturated carbocycles. The van der Waals surface area contributed by atoms with Crippen molar-refractivity contribution in [2.24, 2.45) is 0 Å². The van der Waals surface area contributed by atoms with Crippen LogP contribution in [0.2, 0.25) is 0 Å². The molecule has 0 amide bonds. The van der Waals surface area contributed by atoms with Gasteiger partial charge in [-0.1, -0.05) is 0 Å². The van der Waals surface area contributed by atoms with Crippen LogP contribution in [0.25, 0.3) is 0 Å². The highest BCUT2D eigenvalue weighted by molar-refractivity contribution is 5.40. The number of furan rings is 2. The van der Waals surface area contributed by atoms with E-state index in [1.807, 2.05) is 0 Å². The van der Waals surface area contributed by atoms with Crippen LogP contribution in [-0.4, -0.2) is 9.97 Å². The summed E-state index contributed by atoms with van der Waals surface area (Å²) in [6, 6.07) is 17.2. The van der Waals surface area contributed by atoms with E-state index in [0.717, 1.165) is 34.4 Å². The lowest BCUT2D eigenvalue weighted by molar-refractivity contribution is 0.312. The predicted octanol–water partition coefficient (Wildman–Crippen LogP) is 7.15. The average molecular weight is 431 g/mol. The van der Waals surface area contributed by atoms with Crippen molar-refractivity contribution in [1.29, 1.82) is 0 Å². The first-order valence-corrected chi connectivity index (χ1v) is 11.5. The van der Waals surface area contributed by atoms with Gasteiger partial charge in [-0.2, -0.15) is 0 Å². The molecule has 0 aliphatic carbocycles. The second-order valence-corrected chi connectivity index (χ2v) is 11.4. The predicted molar refractivity (Wildman–Crippen MR) is 128 cm³/mol. The zero-order chi connectivity index (χ0) is 23.1. The van der Waals surface area contributed by atoms with E-state index >= 15 is 0 Å². The van der Waals surface area contributed by atoms with Gasteiger partial charge in [0.1, 0.15) is 23.0 Å². The molecule has 0 spiro atoms. The van der Waals surface area contributed by atoms with Gasteiger partial charge in [0.25, 0.3) is 0 Å². The fourth-order valence-corrected chi connectivity index (χ4v) is 4.80. The zero-order valence-corrected chi connectivity index (χ0v) is 20.4. The van der Waals surface area contributed by atoms with Gasteiger partial charge in [0.05, 0.1) is 16.2 Å². The number of hydrogen-bond donors (Lipinski definition) is 2. The second-order valence-electron chi connectivity index (χ2n) is 11.4. The van der Waals surface area contributed by atoms with Crippen LogP contribution in [0, 0.1) is 0 Å². The number of hydrogen-bond acceptors (Lipinski definition) is 2. The summed E-state index contributed by atoms with van der Waals surface area (Å²) in [5.41, 5.74) is 3.44. The van der Waals surface area contributed by atoms with Crippen molar-refractivity contribution in [1.82, 2.24) is 9.97 Å². The van der Waals surface area contributed by atoms with E-state index in [0.29, 0.717) is 0 Å². The molecule has 4 nitrogen and oxygen atoms in total. The van der Waals surface area contributed by atoms with Gasteiger partial charge in [0, 0.05) is 28.2 Å². The molecule has 4 aromatic rings. The Bertz CT molecular complexity index is 1000. The molecule has 0 fully saturated rings. The van der Waals surface area contributed by atoms with Gasteiger partial charge in [0.15, 0.2) is 0 Å². The average Bonchev–Trinajstić information content (AvgIpc) is 3.53. The van der Waals surface area contributed by atoms with Crippen LogP contribution in [-0.2, 0) is 21.7 Å². The fourth-order valence-electron chi connectivity index (χ4n) is 4.80. The Morgan fingerprint density at radius 1 is 0.406 bits per heavy atom. The van der Waals surface area contributed by atoms with Gasteiger partial charge in [-0.05, 0) is 104 Å². The molecule has 8 bridgehead atoms. The molecule has 5 rings (SSSR count). The Kier molecular flexibility index (Phi) is 4.16. The topological polar surface area (TPSA) is 57.9 Å². The molecule has 1 aliphatic heterocycles. The van der Waals surface area contributed by atoms with Crippen LogP contribution < -0.4 is 0 Å². The van der Waals surface area contributed by atoms with Crippen LogP contribution in [0.3, 0.4) is 0 Å². The standard InChI is InChI=1S/C28H34N2O2/c1-25(2)17-9-11-19(29-17)26(3,4)21-13-15-23(31-21)28(7,8)24-16-14-22(32-24)27(5,6)20-12-10-18(25)30-20/h9-16,29-30H,1-8H3. The molecule has 168 valence electrons. The number of nitrogens with one attached hydrogen (secondary N) is 2. The summed E-state index contributed by atoms with van der Waals surface area (Å²) >= 11 is 0. The Morgan fingerprint density at radius 2 is 0.688 bits per heavy atom. The molecule has 0 aromatic carbocycles. The summed E-state index contributed by atoms with van der Waals surface area (Å²) in [4.78, 5) is 7.43. The second kappa shape index (κ2) is 6.34. The number of aromatic nitrogens is 2. The minimum atomic E-state index is -0.385. The molecule has 0 saturated heterocycles. The van der Waals surface area contributed by atoms with Gasteiger partial charge in [-0.15, -0.1) is 0 Å². The molecule has 4 heteroatoms. The van der Waals surface area contributed by atoms with Gasteiger partial charge >= 0.3 is 0 Å². The summed E-state index contributed by atoms with van der Waals surface area (Å²) < 4.78 is 13.0. The van der Waals surface area contributed by atoms with E-state index < -0.39 is 0 Å². The molecule has 0 unspecified atom stereocenters. The number of aromatic amines is 2. The highest BCUT2D eigenvalue weighted by atomic mass is 16.4. The van der Waals surface area contributed by atoms with Gasteiger partial charge in [-0.25, -0.2) is 0 Å². The minimum Gasteiger partial charge on any atom is -0.464 e. The van der Waals surface area contributed by atoms with E-state index in [1.54, 1.807) is 0 Å². The van der Waals surface area contributed by atoms with E-state index in [4.69, 9.17) is 8.83 Å². The molecule has 4 aromatic heterocycles. The normalized spacial score (nSPS) is 20.2. The largest absolute Gasteiger partial charge is 0.464 e. The molecular weight excluding hydrogens is 396 g/mol. The Hall–Kier alpha value is -2.88. The van der Waals surface area contributed by atoms with Crippen LogP contribution in [0.15, 0.2) is 57.4 Å². The first-order valence-electron chi connectivity index (χ1n) is 11.5. The lowest BCUT2D eigenvalue weighted by atomic mass is 9.86. The minimum absolute atomic E-state index is 0.204. The van der Waals surface area contributed by atoms with Crippen molar-refractivity contribution < 1.29 is 8.83 Å². The van der Waals surface area contributed by atoms with Crippen LogP contribution in [0.4, 0.5) is 0 Å². The third kappa shape index (κ3) is 2.81.